The van der Waals surface area contributed by atoms with Crippen molar-refractivity contribution < 1.29 is 4.79 Å². The highest BCUT2D eigenvalue weighted by Crippen LogP contribution is 2.15. The fraction of sp³-hybridized carbons (Fsp3) is 0. The zero-order chi connectivity index (χ0) is 10.7. The molecule has 0 aliphatic carbocycles. The number of rotatable bonds is 2. The summed E-state index contributed by atoms with van der Waals surface area (Å²) < 4.78 is 0. The molecule has 0 saturated heterocycles. The Labute approximate surface area is 91.8 Å². The van der Waals surface area contributed by atoms with Crippen LogP contribution >= 0.6 is 11.6 Å². The van der Waals surface area contributed by atoms with Gasteiger partial charge in [-0.1, -0.05) is 12.1 Å². The summed E-state index contributed by atoms with van der Waals surface area (Å²) in [5.74, 6) is 0.631. The highest BCUT2D eigenvalue weighted by Gasteiger charge is 2.03. The number of halogens is 1. The molecule has 2 rings (SSSR count). The minimum Gasteiger partial charge on any atom is -0.276 e. The van der Waals surface area contributed by atoms with E-state index in [-0.39, 0.29) is 0 Å². The Hall–Kier alpha value is -1.74. The van der Waals surface area contributed by atoms with Crippen LogP contribution in [0.15, 0.2) is 42.7 Å². The number of nitrogens with zero attached hydrogens (tertiary/aromatic N) is 2. The lowest BCUT2D eigenvalue weighted by atomic mass is 10.1. The average Bonchev–Trinajstić information content (AvgIpc) is 2.30. The molecule has 0 radical (unpaired) electrons. The molecular formula is C11H7ClN2O. The molecule has 0 fully saturated rings. The Balaban J connectivity index is 2.36. The Kier molecular flexibility index (Phi) is 2.74. The van der Waals surface area contributed by atoms with Crippen LogP contribution < -0.4 is 0 Å². The number of benzene rings is 1. The zero-order valence-corrected chi connectivity index (χ0v) is 8.48. The summed E-state index contributed by atoms with van der Waals surface area (Å²) in [4.78, 5) is 19.0. The number of hydrogen-bond acceptors (Lipinski definition) is 3. The van der Waals surface area contributed by atoms with E-state index < -0.39 is 5.24 Å². The smallest absolute Gasteiger partial charge is 0.252 e. The van der Waals surface area contributed by atoms with Gasteiger partial charge in [0.2, 0.25) is 0 Å². The van der Waals surface area contributed by atoms with Crippen LogP contribution in [0.25, 0.3) is 11.4 Å². The van der Waals surface area contributed by atoms with Crippen LogP contribution in [-0.2, 0) is 0 Å². The van der Waals surface area contributed by atoms with Gasteiger partial charge in [0, 0.05) is 23.5 Å². The molecule has 0 atom stereocenters. The van der Waals surface area contributed by atoms with Gasteiger partial charge in [-0.25, -0.2) is 9.97 Å². The predicted octanol–water partition coefficient (Wildman–Crippen LogP) is 2.52. The lowest BCUT2D eigenvalue weighted by molar-refractivity contribution is 0.108. The Morgan fingerprint density at radius 2 is 1.67 bits per heavy atom. The normalized spacial score (nSPS) is 9.93. The van der Waals surface area contributed by atoms with E-state index in [4.69, 9.17) is 11.6 Å². The minimum absolute atomic E-state index is 0.462. The van der Waals surface area contributed by atoms with Crippen molar-refractivity contribution in [1.29, 1.82) is 0 Å². The fourth-order valence-corrected chi connectivity index (χ4v) is 1.32. The Morgan fingerprint density at radius 3 is 2.20 bits per heavy atom. The molecule has 0 bridgehead atoms. The highest BCUT2D eigenvalue weighted by atomic mass is 35.5. The van der Waals surface area contributed by atoms with E-state index in [9.17, 15) is 4.79 Å². The van der Waals surface area contributed by atoms with Crippen LogP contribution in [0.4, 0.5) is 0 Å². The summed E-state index contributed by atoms with van der Waals surface area (Å²) in [6.07, 6.45) is 3.34. The maximum Gasteiger partial charge on any atom is 0.252 e. The topological polar surface area (TPSA) is 42.9 Å². The minimum atomic E-state index is -0.462. The Bertz CT molecular complexity index is 468. The second-order valence-electron chi connectivity index (χ2n) is 2.92. The second kappa shape index (κ2) is 4.19. The van der Waals surface area contributed by atoms with E-state index in [0.29, 0.717) is 11.4 Å². The summed E-state index contributed by atoms with van der Waals surface area (Å²) >= 11 is 5.33. The maximum absolute atomic E-state index is 10.8. The summed E-state index contributed by atoms with van der Waals surface area (Å²) in [6.45, 7) is 0. The van der Waals surface area contributed by atoms with Crippen molar-refractivity contribution in [1.82, 2.24) is 9.97 Å². The molecule has 0 amide bonds. The molecule has 0 aliphatic heterocycles. The van der Waals surface area contributed by atoms with Crippen molar-refractivity contribution in [2.45, 2.75) is 0 Å². The third-order valence-electron chi connectivity index (χ3n) is 1.94. The van der Waals surface area contributed by atoms with E-state index in [2.05, 4.69) is 9.97 Å². The van der Waals surface area contributed by atoms with Crippen LogP contribution in [-0.4, -0.2) is 15.2 Å². The van der Waals surface area contributed by atoms with E-state index in [0.717, 1.165) is 5.56 Å². The first-order valence-electron chi connectivity index (χ1n) is 4.34. The van der Waals surface area contributed by atoms with E-state index in [1.165, 1.54) is 0 Å². The molecule has 2 aromatic rings. The van der Waals surface area contributed by atoms with Crippen LogP contribution in [0.3, 0.4) is 0 Å². The molecule has 74 valence electrons. The van der Waals surface area contributed by atoms with Gasteiger partial charge in [-0.15, -0.1) is 0 Å². The molecule has 1 aromatic heterocycles. The molecule has 0 N–H and O–H groups in total. The predicted molar refractivity (Wildman–Crippen MR) is 57.7 cm³/mol. The number of hydrogen-bond donors (Lipinski definition) is 0. The van der Waals surface area contributed by atoms with Gasteiger partial charge >= 0.3 is 0 Å². The van der Waals surface area contributed by atoms with Gasteiger partial charge in [0.05, 0.1) is 0 Å². The molecule has 4 heteroatoms. The molecule has 0 saturated carbocycles. The molecule has 3 nitrogen and oxygen atoms in total. The zero-order valence-electron chi connectivity index (χ0n) is 7.72. The quantitative estimate of drug-likeness (QED) is 0.728. The first-order valence-corrected chi connectivity index (χ1v) is 4.72. The molecule has 1 heterocycles. The molecule has 0 spiro atoms. The third-order valence-corrected chi connectivity index (χ3v) is 2.15. The average molecular weight is 219 g/mol. The van der Waals surface area contributed by atoms with Gasteiger partial charge in [-0.05, 0) is 29.8 Å². The molecule has 0 unspecified atom stereocenters. The van der Waals surface area contributed by atoms with E-state index in [1.807, 2.05) is 0 Å². The van der Waals surface area contributed by atoms with Crippen molar-refractivity contribution >= 4 is 16.8 Å². The molecule has 0 aliphatic rings. The molecule has 1 aromatic carbocycles. The number of carbonyl (C=O) groups excluding carboxylic acids is 1. The highest BCUT2D eigenvalue weighted by molar-refractivity contribution is 6.67. The maximum atomic E-state index is 10.8. The lowest BCUT2D eigenvalue weighted by Crippen LogP contribution is -1.90. The fourth-order valence-electron chi connectivity index (χ4n) is 1.20. The SMILES string of the molecule is O=C(Cl)c1ccc(-c2ncccn2)cc1. The van der Waals surface area contributed by atoms with Gasteiger partial charge in [0.25, 0.3) is 5.24 Å². The van der Waals surface area contributed by atoms with Crippen molar-refractivity contribution in [3.05, 3.63) is 48.3 Å². The van der Waals surface area contributed by atoms with Crippen molar-refractivity contribution in [3.8, 4) is 11.4 Å². The van der Waals surface area contributed by atoms with Gasteiger partial charge in [0.15, 0.2) is 5.82 Å². The second-order valence-corrected chi connectivity index (χ2v) is 3.27. The molecular weight excluding hydrogens is 212 g/mol. The van der Waals surface area contributed by atoms with Crippen molar-refractivity contribution in [2.75, 3.05) is 0 Å². The van der Waals surface area contributed by atoms with Gasteiger partial charge in [-0.3, -0.25) is 4.79 Å². The summed E-state index contributed by atoms with van der Waals surface area (Å²) in [5.41, 5.74) is 1.33. The van der Waals surface area contributed by atoms with Crippen molar-refractivity contribution in [2.24, 2.45) is 0 Å². The van der Waals surface area contributed by atoms with Crippen molar-refractivity contribution in [3.63, 3.8) is 0 Å². The first-order chi connectivity index (χ1) is 7.27. The largest absolute Gasteiger partial charge is 0.276 e. The monoisotopic (exact) mass is 218 g/mol. The molecule has 15 heavy (non-hydrogen) atoms. The lowest BCUT2D eigenvalue weighted by Gasteiger charge is -1.99. The summed E-state index contributed by atoms with van der Waals surface area (Å²) in [5, 5.41) is -0.462. The van der Waals surface area contributed by atoms with Gasteiger partial charge in [-0.2, -0.15) is 0 Å². The summed E-state index contributed by atoms with van der Waals surface area (Å²) in [6, 6.07) is 8.60. The van der Waals surface area contributed by atoms with E-state index >= 15 is 0 Å². The summed E-state index contributed by atoms with van der Waals surface area (Å²) in [7, 11) is 0. The van der Waals surface area contributed by atoms with E-state index in [1.54, 1.807) is 42.7 Å². The number of carbonyl (C=O) groups is 1. The van der Waals surface area contributed by atoms with Crippen LogP contribution in [0, 0.1) is 0 Å². The van der Waals surface area contributed by atoms with Crippen LogP contribution in [0.2, 0.25) is 0 Å². The third kappa shape index (κ3) is 2.19. The number of aromatic nitrogens is 2. The standard InChI is InChI=1S/C11H7ClN2O/c12-10(15)8-2-4-9(5-3-8)11-13-6-1-7-14-11/h1-7H. The van der Waals surface area contributed by atoms with Gasteiger partial charge < -0.3 is 0 Å². The first kappa shape index (κ1) is 9.80. The van der Waals surface area contributed by atoms with Crippen LogP contribution in [0.1, 0.15) is 10.4 Å². The van der Waals surface area contributed by atoms with Gasteiger partial charge in [0.1, 0.15) is 0 Å². The Morgan fingerprint density at radius 1 is 1.07 bits per heavy atom. The van der Waals surface area contributed by atoms with Crippen LogP contribution in [0.5, 0.6) is 0 Å².